The number of carbonyl (C=O) groups excluding carboxylic acids is 1. The van der Waals surface area contributed by atoms with Crippen LogP contribution >= 0.6 is 0 Å². The van der Waals surface area contributed by atoms with E-state index in [0.717, 1.165) is 0 Å². The molecule has 0 spiro atoms. The van der Waals surface area contributed by atoms with Crippen molar-refractivity contribution in [3.8, 4) is 0 Å². The average molecular weight is 175 g/mol. The maximum absolute atomic E-state index is 11.0. The van der Waals surface area contributed by atoms with Crippen LogP contribution in [0.2, 0.25) is 0 Å². The van der Waals surface area contributed by atoms with Gasteiger partial charge in [0.05, 0.1) is 13.0 Å². The van der Waals surface area contributed by atoms with E-state index in [2.05, 4.69) is 0 Å². The van der Waals surface area contributed by atoms with Gasteiger partial charge in [-0.2, -0.15) is 0 Å². The largest absolute Gasteiger partial charge is 0.463 e. The molecule has 0 unspecified atom stereocenters. The lowest BCUT2D eigenvalue weighted by Gasteiger charge is -2.16. The summed E-state index contributed by atoms with van der Waals surface area (Å²) < 4.78 is 9.53. The number of nitrogens with two attached hydrogens (primary N) is 1. The number of hydrogen-bond acceptors (Lipinski definition) is 4. The summed E-state index contributed by atoms with van der Waals surface area (Å²) in [6.45, 7) is 4.29. The maximum atomic E-state index is 11.0. The van der Waals surface area contributed by atoms with Gasteiger partial charge in [0.1, 0.15) is 6.61 Å². The molecule has 0 aromatic carbocycles. The van der Waals surface area contributed by atoms with Crippen molar-refractivity contribution in [1.82, 2.24) is 0 Å². The lowest BCUT2D eigenvalue weighted by Crippen LogP contribution is -2.35. The van der Waals surface area contributed by atoms with Crippen LogP contribution < -0.4 is 5.73 Å². The summed E-state index contributed by atoms with van der Waals surface area (Å²) >= 11 is 0. The van der Waals surface area contributed by atoms with Crippen LogP contribution in [0.3, 0.4) is 0 Å². The van der Waals surface area contributed by atoms with Gasteiger partial charge in [-0.25, -0.2) is 0 Å². The second kappa shape index (κ2) is 5.11. The number of carbonyl (C=O) groups is 1. The molecule has 72 valence electrons. The highest BCUT2D eigenvalue weighted by molar-refractivity contribution is 5.70. The van der Waals surface area contributed by atoms with Crippen LogP contribution in [0.25, 0.3) is 0 Å². The second-order valence-corrected chi connectivity index (χ2v) is 3.38. The van der Waals surface area contributed by atoms with Gasteiger partial charge in [-0.15, -0.1) is 0 Å². The molecule has 0 saturated heterocycles. The first-order valence-corrected chi connectivity index (χ1v) is 3.89. The highest BCUT2D eigenvalue weighted by atomic mass is 16.6. The maximum Gasteiger partial charge on any atom is 0.307 e. The smallest absolute Gasteiger partial charge is 0.307 e. The van der Waals surface area contributed by atoms with Gasteiger partial charge in [-0.1, -0.05) is 0 Å². The summed E-state index contributed by atoms with van der Waals surface area (Å²) in [6, 6.07) is 0. The van der Waals surface area contributed by atoms with Crippen LogP contribution in [0.15, 0.2) is 0 Å². The van der Waals surface area contributed by atoms with E-state index in [1.165, 1.54) is 0 Å². The summed E-state index contributed by atoms with van der Waals surface area (Å²) in [5, 5.41) is 0. The van der Waals surface area contributed by atoms with Crippen LogP contribution in [-0.2, 0) is 14.3 Å². The normalized spacial score (nSPS) is 11.3. The number of hydrogen-bond donors (Lipinski definition) is 1. The van der Waals surface area contributed by atoms with Crippen LogP contribution in [0.5, 0.6) is 0 Å². The minimum Gasteiger partial charge on any atom is -0.463 e. The third kappa shape index (κ3) is 7.50. The predicted octanol–water partition coefficient (Wildman–Crippen LogP) is 0.303. The topological polar surface area (TPSA) is 61.5 Å². The van der Waals surface area contributed by atoms with Gasteiger partial charge in [0.2, 0.25) is 0 Å². The van der Waals surface area contributed by atoms with E-state index in [1.54, 1.807) is 21.0 Å². The predicted molar refractivity (Wildman–Crippen MR) is 45.7 cm³/mol. The molecule has 0 amide bonds. The van der Waals surface area contributed by atoms with E-state index in [9.17, 15) is 4.79 Å². The summed E-state index contributed by atoms with van der Waals surface area (Å²) in [7, 11) is 1.56. The molecule has 4 heteroatoms. The molecule has 0 rings (SSSR count). The molecular formula is C8H17NO3. The van der Waals surface area contributed by atoms with E-state index < -0.39 is 5.54 Å². The van der Waals surface area contributed by atoms with Gasteiger partial charge in [0.15, 0.2) is 0 Å². The molecule has 0 heterocycles. The average Bonchev–Trinajstić information content (AvgIpc) is 1.84. The van der Waals surface area contributed by atoms with Crippen molar-refractivity contribution < 1.29 is 14.3 Å². The van der Waals surface area contributed by atoms with Crippen molar-refractivity contribution in [2.75, 3.05) is 20.3 Å². The summed E-state index contributed by atoms with van der Waals surface area (Å²) in [6.07, 6.45) is 0.233. The monoisotopic (exact) mass is 175 g/mol. The molecule has 0 aliphatic heterocycles. The molecule has 0 aliphatic carbocycles. The SMILES string of the molecule is COCCOC(=O)CC(C)(C)N. The molecule has 0 atom stereocenters. The van der Waals surface area contributed by atoms with Crippen LogP contribution in [0.1, 0.15) is 20.3 Å². The van der Waals surface area contributed by atoms with E-state index in [0.29, 0.717) is 13.2 Å². The minimum atomic E-state index is -0.496. The molecule has 0 fully saturated rings. The molecule has 4 nitrogen and oxygen atoms in total. The first kappa shape index (κ1) is 11.4. The van der Waals surface area contributed by atoms with Gasteiger partial charge in [0.25, 0.3) is 0 Å². The zero-order chi connectivity index (χ0) is 9.61. The molecule has 0 saturated carbocycles. The third-order valence-electron chi connectivity index (χ3n) is 1.15. The van der Waals surface area contributed by atoms with Crippen LogP contribution in [-0.4, -0.2) is 31.8 Å². The lowest BCUT2D eigenvalue weighted by atomic mass is 10.0. The molecule has 0 bridgehead atoms. The standard InChI is InChI=1S/C8H17NO3/c1-8(2,9)6-7(10)12-5-4-11-3/h4-6,9H2,1-3H3. The van der Waals surface area contributed by atoms with Crippen LogP contribution in [0.4, 0.5) is 0 Å². The molecule has 12 heavy (non-hydrogen) atoms. The van der Waals surface area contributed by atoms with Gasteiger partial charge in [-0.05, 0) is 13.8 Å². The highest BCUT2D eigenvalue weighted by Gasteiger charge is 2.16. The quantitative estimate of drug-likeness (QED) is 0.482. The Balaban J connectivity index is 3.47. The second-order valence-electron chi connectivity index (χ2n) is 3.38. The van der Waals surface area contributed by atoms with Gasteiger partial charge >= 0.3 is 5.97 Å². The van der Waals surface area contributed by atoms with Crippen molar-refractivity contribution in [3.63, 3.8) is 0 Å². The third-order valence-corrected chi connectivity index (χ3v) is 1.15. The Labute approximate surface area is 73.0 Å². The van der Waals surface area contributed by atoms with E-state index in [-0.39, 0.29) is 12.4 Å². The minimum absolute atomic E-state index is 0.233. The van der Waals surface area contributed by atoms with Crippen molar-refractivity contribution in [3.05, 3.63) is 0 Å². The Morgan fingerprint density at radius 1 is 1.42 bits per heavy atom. The zero-order valence-electron chi connectivity index (χ0n) is 7.92. The molecular weight excluding hydrogens is 158 g/mol. The Morgan fingerprint density at radius 3 is 2.42 bits per heavy atom. The van der Waals surface area contributed by atoms with Gasteiger partial charge < -0.3 is 15.2 Å². The first-order chi connectivity index (χ1) is 5.45. The number of rotatable bonds is 5. The molecule has 0 aliphatic rings. The molecule has 0 radical (unpaired) electrons. The Morgan fingerprint density at radius 2 is 2.00 bits per heavy atom. The lowest BCUT2D eigenvalue weighted by molar-refractivity contribution is -0.146. The Hall–Kier alpha value is -0.610. The number of esters is 1. The first-order valence-electron chi connectivity index (χ1n) is 3.89. The Bertz CT molecular complexity index is 140. The summed E-state index contributed by atoms with van der Waals surface area (Å²) in [5.74, 6) is -0.278. The van der Waals surface area contributed by atoms with Crippen molar-refractivity contribution >= 4 is 5.97 Å². The number of ether oxygens (including phenoxy) is 2. The molecule has 2 N–H and O–H groups in total. The van der Waals surface area contributed by atoms with Crippen molar-refractivity contribution in [1.29, 1.82) is 0 Å². The van der Waals surface area contributed by atoms with E-state index >= 15 is 0 Å². The van der Waals surface area contributed by atoms with Crippen LogP contribution in [0, 0.1) is 0 Å². The fourth-order valence-electron chi connectivity index (χ4n) is 0.662. The summed E-state index contributed by atoms with van der Waals surface area (Å²) in [4.78, 5) is 11.0. The molecule has 0 aromatic rings. The Kier molecular flexibility index (Phi) is 4.85. The highest BCUT2D eigenvalue weighted by Crippen LogP contribution is 2.04. The fourth-order valence-corrected chi connectivity index (χ4v) is 0.662. The summed E-state index contributed by atoms with van der Waals surface area (Å²) in [5.41, 5.74) is 5.11. The molecule has 0 aromatic heterocycles. The van der Waals surface area contributed by atoms with E-state index in [1.807, 2.05) is 0 Å². The van der Waals surface area contributed by atoms with Crippen molar-refractivity contribution in [2.45, 2.75) is 25.8 Å². The van der Waals surface area contributed by atoms with E-state index in [4.69, 9.17) is 15.2 Å². The number of methoxy groups -OCH3 is 1. The van der Waals surface area contributed by atoms with Gasteiger partial charge in [0, 0.05) is 12.6 Å². The zero-order valence-corrected chi connectivity index (χ0v) is 7.92. The fraction of sp³-hybridized carbons (Fsp3) is 0.875. The van der Waals surface area contributed by atoms with Gasteiger partial charge in [-0.3, -0.25) is 4.79 Å². The van der Waals surface area contributed by atoms with Crippen molar-refractivity contribution in [2.24, 2.45) is 5.73 Å².